The maximum absolute atomic E-state index is 5.79. The average molecular weight is 231 g/mol. The van der Waals surface area contributed by atoms with E-state index in [1.165, 1.54) is 0 Å². The average Bonchev–Trinajstić information content (AvgIpc) is 2.33. The molecule has 0 N–H and O–H groups in total. The van der Waals surface area contributed by atoms with Gasteiger partial charge in [0.15, 0.2) is 0 Å². The Kier molecular flexibility index (Phi) is 1.62. The quantitative estimate of drug-likeness (QED) is 0.682. The molecule has 0 saturated carbocycles. The maximum atomic E-state index is 5.79. The zero-order chi connectivity index (χ0) is 7.84. The fraction of sp³-hybridized carbons (Fsp3) is 0. The van der Waals surface area contributed by atoms with Gasteiger partial charge in [-0.1, -0.05) is 11.6 Å². The predicted octanol–water partition coefficient (Wildman–Crippen LogP) is 2.85. The van der Waals surface area contributed by atoms with Crippen LogP contribution in [0.2, 0.25) is 5.02 Å². The van der Waals surface area contributed by atoms with Crippen molar-refractivity contribution in [2.45, 2.75) is 0 Å². The van der Waals surface area contributed by atoms with Crippen LogP contribution in [0, 0.1) is 0 Å². The molecule has 4 heteroatoms. The summed E-state index contributed by atoms with van der Waals surface area (Å²) in [4.78, 5) is 0. The van der Waals surface area contributed by atoms with Crippen LogP contribution in [0.25, 0.3) is 10.9 Å². The Labute approximate surface area is 77.1 Å². The third kappa shape index (κ3) is 1.14. The van der Waals surface area contributed by atoms with Gasteiger partial charge >= 0.3 is 0 Å². The molecule has 0 spiro atoms. The lowest BCUT2D eigenvalue weighted by Gasteiger charge is -1.91. The molecule has 0 radical (unpaired) electrons. The van der Waals surface area contributed by atoms with E-state index in [-0.39, 0.29) is 0 Å². The van der Waals surface area contributed by atoms with Crippen LogP contribution in [0.15, 0.2) is 24.4 Å². The normalized spacial score (nSPS) is 10.7. The Morgan fingerprint density at radius 2 is 2.27 bits per heavy atom. The summed E-state index contributed by atoms with van der Waals surface area (Å²) >= 11 is 9.03. The second kappa shape index (κ2) is 2.50. The van der Waals surface area contributed by atoms with Crippen molar-refractivity contribution in [1.82, 2.24) is 8.81 Å². The molecule has 0 aliphatic carbocycles. The van der Waals surface area contributed by atoms with Crippen molar-refractivity contribution in [3.63, 3.8) is 0 Å². The fourth-order valence-electron chi connectivity index (χ4n) is 0.961. The lowest BCUT2D eigenvalue weighted by molar-refractivity contribution is 1.06. The topological polar surface area (TPSA) is 17.8 Å². The fourth-order valence-corrected chi connectivity index (χ4v) is 1.53. The molecule has 1 aromatic heterocycles. The Morgan fingerprint density at radius 1 is 1.45 bits per heavy atom. The van der Waals surface area contributed by atoms with Gasteiger partial charge in [-0.05, 0) is 18.2 Å². The molecule has 0 unspecified atom stereocenters. The van der Waals surface area contributed by atoms with Crippen molar-refractivity contribution < 1.29 is 0 Å². The number of benzene rings is 1. The highest BCUT2D eigenvalue weighted by atomic mass is 79.9. The van der Waals surface area contributed by atoms with Gasteiger partial charge < -0.3 is 0 Å². The van der Waals surface area contributed by atoms with Gasteiger partial charge in [0.2, 0.25) is 0 Å². The minimum Gasteiger partial charge on any atom is -0.197 e. The molecule has 0 saturated heterocycles. The van der Waals surface area contributed by atoms with Crippen LogP contribution < -0.4 is 0 Å². The van der Waals surface area contributed by atoms with Crippen LogP contribution in [-0.2, 0) is 0 Å². The number of nitrogens with zero attached hydrogens (tertiary/aromatic N) is 2. The minimum absolute atomic E-state index is 0.721. The summed E-state index contributed by atoms with van der Waals surface area (Å²) in [5.41, 5.74) is 0.984. The van der Waals surface area contributed by atoms with Gasteiger partial charge in [0.25, 0.3) is 0 Å². The summed E-state index contributed by atoms with van der Waals surface area (Å²) in [5, 5.41) is 5.81. The molecule has 2 rings (SSSR count). The first kappa shape index (κ1) is 7.13. The van der Waals surface area contributed by atoms with Crippen LogP contribution in [0.1, 0.15) is 0 Å². The Hall–Kier alpha value is -0.540. The number of aromatic nitrogens is 2. The van der Waals surface area contributed by atoms with E-state index in [1.807, 2.05) is 18.2 Å². The summed E-state index contributed by atoms with van der Waals surface area (Å²) in [6.45, 7) is 0. The van der Waals surface area contributed by atoms with Crippen LogP contribution in [0.4, 0.5) is 0 Å². The number of halogens is 2. The van der Waals surface area contributed by atoms with E-state index in [0.717, 1.165) is 15.9 Å². The predicted molar refractivity (Wildman–Crippen MR) is 49.1 cm³/mol. The van der Waals surface area contributed by atoms with E-state index in [9.17, 15) is 0 Å². The molecule has 2 nitrogen and oxygen atoms in total. The van der Waals surface area contributed by atoms with Crippen molar-refractivity contribution in [3.8, 4) is 0 Å². The van der Waals surface area contributed by atoms with Crippen molar-refractivity contribution in [2.75, 3.05) is 0 Å². The van der Waals surface area contributed by atoms with Gasteiger partial charge in [0.05, 0.1) is 27.9 Å². The first-order valence-electron chi connectivity index (χ1n) is 3.07. The first-order valence-corrected chi connectivity index (χ1v) is 4.15. The molecule has 0 atom stereocenters. The molecule has 2 aromatic rings. The molecule has 0 fully saturated rings. The van der Waals surface area contributed by atoms with Crippen molar-refractivity contribution in [3.05, 3.63) is 29.4 Å². The second-order valence-electron chi connectivity index (χ2n) is 2.21. The molecule has 0 aliphatic rings. The largest absolute Gasteiger partial charge is 0.197 e. The smallest absolute Gasteiger partial charge is 0.0827 e. The van der Waals surface area contributed by atoms with E-state index in [1.54, 1.807) is 9.90 Å². The Bertz CT molecular complexity index is 396. The van der Waals surface area contributed by atoms with Crippen LogP contribution in [0.3, 0.4) is 0 Å². The lowest BCUT2D eigenvalue weighted by atomic mass is 10.3. The summed E-state index contributed by atoms with van der Waals surface area (Å²) in [6.07, 6.45) is 1.78. The minimum atomic E-state index is 0.721. The standard InChI is InChI=1S/C7H4BrClN2/c8-11-7-3-6(9)2-1-5(7)4-10-11/h1-4H. The highest BCUT2D eigenvalue weighted by Gasteiger charge is 1.99. The number of hydrogen-bond donors (Lipinski definition) is 0. The Morgan fingerprint density at radius 3 is 3.09 bits per heavy atom. The van der Waals surface area contributed by atoms with Gasteiger partial charge in [-0.15, -0.1) is 0 Å². The zero-order valence-corrected chi connectivity index (χ0v) is 7.80. The molecule has 0 bridgehead atoms. The molecular weight excluding hydrogens is 227 g/mol. The second-order valence-corrected chi connectivity index (χ2v) is 3.32. The Balaban J connectivity index is 2.87. The third-order valence-corrected chi connectivity index (χ3v) is 2.29. The highest BCUT2D eigenvalue weighted by Crippen LogP contribution is 2.19. The third-order valence-electron chi connectivity index (χ3n) is 1.49. The van der Waals surface area contributed by atoms with Crippen molar-refractivity contribution in [2.24, 2.45) is 0 Å². The van der Waals surface area contributed by atoms with Gasteiger partial charge in [-0.3, -0.25) is 0 Å². The molecule has 1 heterocycles. The van der Waals surface area contributed by atoms with E-state index in [0.29, 0.717) is 0 Å². The van der Waals surface area contributed by atoms with Gasteiger partial charge in [0, 0.05) is 10.4 Å². The van der Waals surface area contributed by atoms with Gasteiger partial charge in [0.1, 0.15) is 0 Å². The van der Waals surface area contributed by atoms with E-state index in [2.05, 4.69) is 21.2 Å². The van der Waals surface area contributed by atoms with Crippen molar-refractivity contribution in [1.29, 1.82) is 0 Å². The monoisotopic (exact) mass is 230 g/mol. The maximum Gasteiger partial charge on any atom is 0.0827 e. The van der Waals surface area contributed by atoms with Gasteiger partial charge in [-0.25, -0.2) is 0 Å². The molecular formula is C7H4BrClN2. The summed E-state index contributed by atoms with van der Waals surface area (Å²) in [6, 6.07) is 5.64. The summed E-state index contributed by atoms with van der Waals surface area (Å²) in [5.74, 6) is 0. The van der Waals surface area contributed by atoms with Crippen LogP contribution in [-0.4, -0.2) is 8.81 Å². The van der Waals surface area contributed by atoms with Crippen LogP contribution >= 0.6 is 27.7 Å². The number of rotatable bonds is 0. The van der Waals surface area contributed by atoms with Crippen molar-refractivity contribution >= 4 is 38.7 Å². The molecule has 0 amide bonds. The molecule has 1 aromatic carbocycles. The van der Waals surface area contributed by atoms with E-state index in [4.69, 9.17) is 11.6 Å². The first-order chi connectivity index (χ1) is 5.27. The molecule has 11 heavy (non-hydrogen) atoms. The zero-order valence-electron chi connectivity index (χ0n) is 5.46. The lowest BCUT2D eigenvalue weighted by Crippen LogP contribution is -1.78. The summed E-state index contributed by atoms with van der Waals surface area (Å²) in [7, 11) is 0. The van der Waals surface area contributed by atoms with E-state index >= 15 is 0 Å². The van der Waals surface area contributed by atoms with Crippen LogP contribution in [0.5, 0.6) is 0 Å². The van der Waals surface area contributed by atoms with E-state index < -0.39 is 0 Å². The molecule has 0 aliphatic heterocycles. The number of fused-ring (bicyclic) bond motifs is 1. The SMILES string of the molecule is Clc1ccc2cnn(Br)c2c1. The molecule has 56 valence electrons. The number of hydrogen-bond acceptors (Lipinski definition) is 1. The summed E-state index contributed by atoms with van der Waals surface area (Å²) < 4.78 is 1.62. The highest BCUT2D eigenvalue weighted by molar-refractivity contribution is 9.08. The van der Waals surface area contributed by atoms with Gasteiger partial charge in [-0.2, -0.15) is 8.81 Å².